The Morgan fingerprint density at radius 2 is 1.80 bits per heavy atom. The van der Waals surface area contributed by atoms with Gasteiger partial charge in [0, 0.05) is 39.3 Å². The van der Waals surface area contributed by atoms with E-state index in [1.165, 1.54) is 7.11 Å². The van der Waals surface area contributed by atoms with Gasteiger partial charge < -0.3 is 19.4 Å². The van der Waals surface area contributed by atoms with Crippen molar-refractivity contribution < 1.29 is 19.1 Å². The second-order valence-electron chi connectivity index (χ2n) is 5.22. The summed E-state index contributed by atoms with van der Waals surface area (Å²) in [5.74, 6) is -0.0604. The highest BCUT2D eigenvalue weighted by atomic mass is 16.5. The van der Waals surface area contributed by atoms with Gasteiger partial charge in [-0.15, -0.1) is 0 Å². The van der Waals surface area contributed by atoms with Crippen LogP contribution in [-0.4, -0.2) is 79.5 Å². The molecule has 2 saturated heterocycles. The molecule has 0 N–H and O–H groups in total. The number of likely N-dealkylation sites (tertiary alicyclic amines) is 1. The van der Waals surface area contributed by atoms with Crippen molar-refractivity contribution in [3.63, 3.8) is 0 Å². The molecule has 0 radical (unpaired) electrons. The van der Waals surface area contributed by atoms with Gasteiger partial charge in [-0.05, 0) is 12.8 Å². The first kappa shape index (κ1) is 14.6. The monoisotopic (exact) mass is 283 g/mol. The molecule has 2 heterocycles. The van der Waals surface area contributed by atoms with Crippen LogP contribution in [0.15, 0.2) is 0 Å². The van der Waals surface area contributed by atoms with Gasteiger partial charge in [0.2, 0.25) is 12.3 Å². The topological polar surface area (TPSA) is 70.2 Å². The molecule has 3 amide bonds. The molecule has 112 valence electrons. The van der Waals surface area contributed by atoms with Gasteiger partial charge in [-0.1, -0.05) is 0 Å². The Labute approximate surface area is 118 Å². The summed E-state index contributed by atoms with van der Waals surface area (Å²) in [6, 6.07) is 0. The molecule has 2 fully saturated rings. The number of carbonyl (C=O) groups is 3. The summed E-state index contributed by atoms with van der Waals surface area (Å²) >= 11 is 0. The lowest BCUT2D eigenvalue weighted by Gasteiger charge is -2.37. The van der Waals surface area contributed by atoms with Crippen molar-refractivity contribution in [1.29, 1.82) is 0 Å². The van der Waals surface area contributed by atoms with Crippen molar-refractivity contribution >= 4 is 18.4 Å². The van der Waals surface area contributed by atoms with Crippen molar-refractivity contribution in [1.82, 2.24) is 14.7 Å². The summed E-state index contributed by atoms with van der Waals surface area (Å²) in [7, 11) is 1.35. The smallest absolute Gasteiger partial charge is 0.409 e. The predicted molar refractivity (Wildman–Crippen MR) is 70.9 cm³/mol. The number of piperidine rings is 1. The van der Waals surface area contributed by atoms with E-state index in [4.69, 9.17) is 4.74 Å². The molecule has 20 heavy (non-hydrogen) atoms. The number of hydrogen-bond donors (Lipinski definition) is 0. The lowest BCUT2D eigenvalue weighted by molar-refractivity contribution is -0.140. The zero-order valence-electron chi connectivity index (χ0n) is 11.8. The van der Waals surface area contributed by atoms with Crippen molar-refractivity contribution in [3.8, 4) is 0 Å². The van der Waals surface area contributed by atoms with Crippen molar-refractivity contribution in [3.05, 3.63) is 0 Å². The number of carbonyl (C=O) groups excluding carboxylic acids is 3. The molecule has 0 saturated carbocycles. The van der Waals surface area contributed by atoms with Crippen molar-refractivity contribution in [2.75, 3.05) is 46.4 Å². The van der Waals surface area contributed by atoms with E-state index in [-0.39, 0.29) is 17.9 Å². The van der Waals surface area contributed by atoms with Crippen LogP contribution in [0.25, 0.3) is 0 Å². The van der Waals surface area contributed by atoms with Crippen LogP contribution in [0, 0.1) is 5.92 Å². The van der Waals surface area contributed by atoms with Crippen molar-refractivity contribution in [2.24, 2.45) is 5.92 Å². The lowest BCUT2D eigenvalue weighted by Crippen LogP contribution is -2.52. The SMILES string of the molecule is COC(=O)N1CCCC(C(=O)N2CCN(C=O)CC2)C1. The summed E-state index contributed by atoms with van der Waals surface area (Å²) in [5, 5.41) is 0. The molecule has 0 aromatic carbocycles. The molecule has 2 aliphatic rings. The van der Waals surface area contributed by atoms with Gasteiger partial charge in [-0.3, -0.25) is 9.59 Å². The molecule has 2 aliphatic heterocycles. The van der Waals surface area contributed by atoms with E-state index in [0.717, 1.165) is 19.3 Å². The average molecular weight is 283 g/mol. The largest absolute Gasteiger partial charge is 0.453 e. The fourth-order valence-electron chi connectivity index (χ4n) is 2.78. The minimum Gasteiger partial charge on any atom is -0.453 e. The molecule has 1 atom stereocenters. The van der Waals surface area contributed by atoms with Crippen molar-refractivity contribution in [2.45, 2.75) is 12.8 Å². The molecule has 2 rings (SSSR count). The van der Waals surface area contributed by atoms with Crippen LogP contribution in [0.2, 0.25) is 0 Å². The third-order valence-corrected chi connectivity index (χ3v) is 3.98. The van der Waals surface area contributed by atoms with Crippen LogP contribution in [-0.2, 0) is 14.3 Å². The molecule has 0 aliphatic carbocycles. The second kappa shape index (κ2) is 6.58. The van der Waals surface area contributed by atoms with E-state index in [0.29, 0.717) is 39.3 Å². The highest BCUT2D eigenvalue weighted by Gasteiger charge is 2.32. The Bertz CT molecular complexity index is 380. The normalized spacial score (nSPS) is 23.4. The molecule has 0 spiro atoms. The Morgan fingerprint density at radius 1 is 1.10 bits per heavy atom. The third kappa shape index (κ3) is 3.20. The summed E-state index contributed by atoms with van der Waals surface area (Å²) in [5.41, 5.74) is 0. The Kier molecular flexibility index (Phi) is 4.81. The molecular weight excluding hydrogens is 262 g/mol. The van der Waals surface area contributed by atoms with Crippen LogP contribution < -0.4 is 0 Å². The maximum atomic E-state index is 12.4. The number of nitrogens with zero attached hydrogens (tertiary/aromatic N) is 3. The van der Waals surface area contributed by atoms with Gasteiger partial charge in [0.15, 0.2) is 0 Å². The molecule has 0 aromatic rings. The van der Waals surface area contributed by atoms with Gasteiger partial charge in [-0.25, -0.2) is 4.79 Å². The first-order chi connectivity index (χ1) is 9.65. The fraction of sp³-hybridized carbons (Fsp3) is 0.769. The number of amides is 3. The zero-order chi connectivity index (χ0) is 14.5. The summed E-state index contributed by atoms with van der Waals surface area (Å²) in [6.07, 6.45) is 2.08. The molecule has 7 heteroatoms. The zero-order valence-corrected chi connectivity index (χ0v) is 11.8. The second-order valence-corrected chi connectivity index (χ2v) is 5.22. The molecule has 0 bridgehead atoms. The molecule has 0 aromatic heterocycles. The minimum atomic E-state index is -0.367. The summed E-state index contributed by atoms with van der Waals surface area (Å²) < 4.78 is 4.71. The molecular formula is C13H21N3O4. The highest BCUT2D eigenvalue weighted by Crippen LogP contribution is 2.20. The molecule has 7 nitrogen and oxygen atoms in total. The minimum absolute atomic E-state index is 0.0872. The Morgan fingerprint density at radius 3 is 2.40 bits per heavy atom. The van der Waals surface area contributed by atoms with Crippen LogP contribution >= 0.6 is 0 Å². The number of ether oxygens (including phenoxy) is 1. The van der Waals surface area contributed by atoms with E-state index in [1.807, 2.05) is 0 Å². The maximum Gasteiger partial charge on any atom is 0.409 e. The summed E-state index contributed by atoms with van der Waals surface area (Å²) in [4.78, 5) is 39.7. The highest BCUT2D eigenvalue weighted by molar-refractivity contribution is 5.80. The molecule has 1 unspecified atom stereocenters. The quantitative estimate of drug-likeness (QED) is 0.656. The van der Waals surface area contributed by atoms with E-state index < -0.39 is 0 Å². The van der Waals surface area contributed by atoms with E-state index >= 15 is 0 Å². The Balaban J connectivity index is 1.89. The standard InChI is InChI=1S/C13H21N3O4/c1-20-13(19)16-4-2-3-11(9-16)12(18)15-7-5-14(10-17)6-8-15/h10-11H,2-9H2,1H3. The predicted octanol–water partition coefficient (Wildman–Crippen LogP) is -0.235. The first-order valence-electron chi connectivity index (χ1n) is 6.96. The van der Waals surface area contributed by atoms with Gasteiger partial charge in [0.1, 0.15) is 0 Å². The lowest BCUT2D eigenvalue weighted by atomic mass is 9.96. The number of rotatable bonds is 2. The number of methoxy groups -OCH3 is 1. The van der Waals surface area contributed by atoms with Crippen LogP contribution in [0.1, 0.15) is 12.8 Å². The van der Waals surface area contributed by atoms with Crippen LogP contribution in [0.5, 0.6) is 0 Å². The van der Waals surface area contributed by atoms with Crippen LogP contribution in [0.3, 0.4) is 0 Å². The number of hydrogen-bond acceptors (Lipinski definition) is 4. The van der Waals surface area contributed by atoms with E-state index in [9.17, 15) is 14.4 Å². The van der Waals surface area contributed by atoms with Gasteiger partial charge in [-0.2, -0.15) is 0 Å². The van der Waals surface area contributed by atoms with Gasteiger partial charge in [0.25, 0.3) is 0 Å². The van der Waals surface area contributed by atoms with Gasteiger partial charge in [0.05, 0.1) is 13.0 Å². The first-order valence-corrected chi connectivity index (χ1v) is 6.96. The maximum absolute atomic E-state index is 12.4. The fourth-order valence-corrected chi connectivity index (χ4v) is 2.78. The third-order valence-electron chi connectivity index (χ3n) is 3.98. The van der Waals surface area contributed by atoms with Gasteiger partial charge >= 0.3 is 6.09 Å². The van der Waals surface area contributed by atoms with E-state index in [2.05, 4.69) is 0 Å². The number of piperazine rings is 1. The van der Waals surface area contributed by atoms with E-state index in [1.54, 1.807) is 14.7 Å². The van der Waals surface area contributed by atoms with Crippen LogP contribution in [0.4, 0.5) is 4.79 Å². The summed E-state index contributed by atoms with van der Waals surface area (Å²) in [6.45, 7) is 3.40. The average Bonchev–Trinajstić information content (AvgIpc) is 2.53. The Hall–Kier alpha value is -1.79.